The van der Waals surface area contributed by atoms with Gasteiger partial charge in [0.2, 0.25) is 5.91 Å². The number of hydrogen-bond donors (Lipinski definition) is 1. The van der Waals surface area contributed by atoms with E-state index in [4.69, 9.17) is 0 Å². The summed E-state index contributed by atoms with van der Waals surface area (Å²) in [5.41, 5.74) is 0. The lowest BCUT2D eigenvalue weighted by atomic mass is 10.2. The average molecular weight is 150 g/mol. The summed E-state index contributed by atoms with van der Waals surface area (Å²) < 4.78 is 0. The van der Waals surface area contributed by atoms with Crippen LogP contribution in [-0.4, -0.2) is 23.5 Å². The number of fused-ring (bicyclic) bond motifs is 1. The summed E-state index contributed by atoms with van der Waals surface area (Å²) in [6.07, 6.45) is 8.33. The molecular formula is C8H10N2O. The Balaban J connectivity index is 2.20. The topological polar surface area (TPSA) is 32.3 Å². The van der Waals surface area contributed by atoms with E-state index < -0.39 is 0 Å². The molecule has 0 saturated carbocycles. The fourth-order valence-corrected chi connectivity index (χ4v) is 1.36. The molecular weight excluding hydrogens is 140 g/mol. The van der Waals surface area contributed by atoms with Crippen molar-refractivity contribution in [1.29, 1.82) is 0 Å². The molecule has 0 bridgehead atoms. The van der Waals surface area contributed by atoms with Gasteiger partial charge >= 0.3 is 0 Å². The third-order valence-electron chi connectivity index (χ3n) is 1.93. The van der Waals surface area contributed by atoms with Gasteiger partial charge < -0.3 is 0 Å². The quantitative estimate of drug-likeness (QED) is 0.535. The predicted molar refractivity (Wildman–Crippen MR) is 41.5 cm³/mol. The highest BCUT2D eigenvalue weighted by molar-refractivity contribution is 5.79. The molecule has 2 rings (SSSR count). The second-order valence-corrected chi connectivity index (χ2v) is 2.68. The molecule has 58 valence electrons. The second-order valence-electron chi connectivity index (χ2n) is 2.68. The van der Waals surface area contributed by atoms with E-state index in [9.17, 15) is 4.79 Å². The minimum Gasteiger partial charge on any atom is -0.299 e. The van der Waals surface area contributed by atoms with Gasteiger partial charge in [0.25, 0.3) is 0 Å². The number of carbonyl (C=O) groups excluding carboxylic acids is 1. The van der Waals surface area contributed by atoms with Crippen LogP contribution >= 0.6 is 0 Å². The molecule has 1 N–H and O–H groups in total. The Morgan fingerprint density at radius 2 is 2.45 bits per heavy atom. The molecule has 2 aliphatic heterocycles. The number of rotatable bonds is 0. The van der Waals surface area contributed by atoms with E-state index in [1.54, 1.807) is 4.90 Å². The molecule has 3 nitrogen and oxygen atoms in total. The van der Waals surface area contributed by atoms with Crippen LogP contribution in [0.2, 0.25) is 0 Å². The number of hydrogen-bond acceptors (Lipinski definition) is 2. The third-order valence-corrected chi connectivity index (χ3v) is 1.93. The maximum absolute atomic E-state index is 11.2. The van der Waals surface area contributed by atoms with Gasteiger partial charge in [0.1, 0.15) is 6.17 Å². The molecule has 0 aliphatic carbocycles. The van der Waals surface area contributed by atoms with Crippen molar-refractivity contribution in [3.8, 4) is 0 Å². The first kappa shape index (κ1) is 6.61. The summed E-state index contributed by atoms with van der Waals surface area (Å²) in [6.45, 7) is 0.790. The molecule has 2 heterocycles. The average Bonchev–Trinajstić information content (AvgIpc) is 2.06. The number of nitrogens with one attached hydrogen (secondary N) is 1. The number of allylic oxidation sites excluding steroid dienone is 2. The Morgan fingerprint density at radius 3 is 3.27 bits per heavy atom. The van der Waals surface area contributed by atoms with Crippen LogP contribution in [0.5, 0.6) is 0 Å². The molecule has 11 heavy (non-hydrogen) atoms. The van der Waals surface area contributed by atoms with Crippen molar-refractivity contribution in [3.63, 3.8) is 0 Å². The fourth-order valence-electron chi connectivity index (χ4n) is 1.36. The zero-order valence-electron chi connectivity index (χ0n) is 6.16. The molecule has 1 amide bonds. The van der Waals surface area contributed by atoms with Crippen LogP contribution in [0, 0.1) is 0 Å². The summed E-state index contributed by atoms with van der Waals surface area (Å²) in [5, 5.41) is 3.22. The summed E-state index contributed by atoms with van der Waals surface area (Å²) in [5.74, 6) is 0.203. The summed E-state index contributed by atoms with van der Waals surface area (Å²) in [4.78, 5) is 13.0. The van der Waals surface area contributed by atoms with Gasteiger partial charge in [-0.25, -0.2) is 0 Å². The highest BCUT2D eigenvalue weighted by Crippen LogP contribution is 2.11. The van der Waals surface area contributed by atoms with Crippen LogP contribution in [0.4, 0.5) is 0 Å². The Morgan fingerprint density at radius 1 is 1.55 bits per heavy atom. The largest absolute Gasteiger partial charge is 0.299 e. The summed E-state index contributed by atoms with van der Waals surface area (Å²) in [6, 6.07) is 0. The molecule has 0 aromatic carbocycles. The van der Waals surface area contributed by atoms with E-state index >= 15 is 0 Å². The molecule has 1 saturated heterocycles. The predicted octanol–water partition coefficient (Wildman–Crippen LogP) is 0.218. The molecule has 0 spiro atoms. The van der Waals surface area contributed by atoms with E-state index in [1.165, 1.54) is 0 Å². The maximum Gasteiger partial charge on any atom is 0.229 e. The van der Waals surface area contributed by atoms with Crippen LogP contribution in [-0.2, 0) is 4.79 Å². The van der Waals surface area contributed by atoms with Crippen molar-refractivity contribution in [2.24, 2.45) is 0 Å². The lowest BCUT2D eigenvalue weighted by Crippen LogP contribution is -2.51. The van der Waals surface area contributed by atoms with Gasteiger partial charge in [-0.15, -0.1) is 0 Å². The van der Waals surface area contributed by atoms with Gasteiger partial charge in [0, 0.05) is 19.2 Å². The number of amides is 1. The van der Waals surface area contributed by atoms with Gasteiger partial charge in [-0.2, -0.15) is 0 Å². The van der Waals surface area contributed by atoms with Crippen molar-refractivity contribution >= 4 is 5.91 Å². The van der Waals surface area contributed by atoms with Crippen molar-refractivity contribution < 1.29 is 4.79 Å². The van der Waals surface area contributed by atoms with Crippen molar-refractivity contribution in [1.82, 2.24) is 10.2 Å². The zero-order valence-corrected chi connectivity index (χ0v) is 6.16. The molecule has 3 heteroatoms. The van der Waals surface area contributed by atoms with Crippen LogP contribution in [0.1, 0.15) is 6.42 Å². The first-order valence-corrected chi connectivity index (χ1v) is 3.77. The molecule has 1 fully saturated rings. The molecule has 0 aromatic rings. The molecule has 2 aliphatic rings. The minimum absolute atomic E-state index is 0.0984. The second kappa shape index (κ2) is 2.51. The zero-order chi connectivity index (χ0) is 7.68. The Labute approximate surface area is 65.4 Å². The Hall–Kier alpha value is -1.09. The van der Waals surface area contributed by atoms with Gasteiger partial charge in [-0.3, -0.25) is 15.0 Å². The van der Waals surface area contributed by atoms with Gasteiger partial charge in [0.15, 0.2) is 0 Å². The van der Waals surface area contributed by atoms with Crippen LogP contribution in [0.15, 0.2) is 24.4 Å². The fraction of sp³-hybridized carbons (Fsp3) is 0.375. The molecule has 0 radical (unpaired) electrons. The van der Waals surface area contributed by atoms with Gasteiger partial charge in [-0.1, -0.05) is 6.08 Å². The van der Waals surface area contributed by atoms with E-state index in [1.807, 2.05) is 24.4 Å². The van der Waals surface area contributed by atoms with Crippen LogP contribution < -0.4 is 5.32 Å². The summed E-state index contributed by atoms with van der Waals surface area (Å²) >= 11 is 0. The highest BCUT2D eigenvalue weighted by atomic mass is 16.2. The van der Waals surface area contributed by atoms with E-state index in [0.29, 0.717) is 6.42 Å². The van der Waals surface area contributed by atoms with Crippen LogP contribution in [0.3, 0.4) is 0 Å². The first-order chi connectivity index (χ1) is 5.38. The Bertz CT molecular complexity index is 232. The molecule has 1 unspecified atom stereocenters. The van der Waals surface area contributed by atoms with E-state index in [-0.39, 0.29) is 12.1 Å². The Kier molecular flexibility index (Phi) is 1.51. The normalized spacial score (nSPS) is 28.9. The monoisotopic (exact) mass is 150 g/mol. The third kappa shape index (κ3) is 1.07. The first-order valence-electron chi connectivity index (χ1n) is 3.77. The standard InChI is InChI=1S/C8H10N2O/c11-8-4-5-9-7-3-1-2-6-10(7)8/h1-3,6-7,9H,4-5H2. The van der Waals surface area contributed by atoms with Gasteiger partial charge in [0.05, 0.1) is 0 Å². The SMILES string of the molecule is O=C1CCNC2C=CC=CN12. The summed E-state index contributed by atoms with van der Waals surface area (Å²) in [7, 11) is 0. The van der Waals surface area contributed by atoms with Crippen molar-refractivity contribution in [2.45, 2.75) is 12.6 Å². The van der Waals surface area contributed by atoms with Crippen molar-refractivity contribution in [3.05, 3.63) is 24.4 Å². The van der Waals surface area contributed by atoms with E-state index in [2.05, 4.69) is 5.32 Å². The van der Waals surface area contributed by atoms with Crippen molar-refractivity contribution in [2.75, 3.05) is 6.54 Å². The molecule has 1 atom stereocenters. The van der Waals surface area contributed by atoms with Gasteiger partial charge in [-0.05, 0) is 12.2 Å². The lowest BCUT2D eigenvalue weighted by Gasteiger charge is -2.33. The number of carbonyl (C=O) groups is 1. The van der Waals surface area contributed by atoms with E-state index in [0.717, 1.165) is 6.54 Å². The maximum atomic E-state index is 11.2. The van der Waals surface area contributed by atoms with Crippen LogP contribution in [0.25, 0.3) is 0 Å². The minimum atomic E-state index is 0.0984. The lowest BCUT2D eigenvalue weighted by molar-refractivity contribution is -0.132. The molecule has 0 aromatic heterocycles. The smallest absolute Gasteiger partial charge is 0.229 e. The number of nitrogens with zero attached hydrogens (tertiary/aromatic N) is 1. The highest BCUT2D eigenvalue weighted by Gasteiger charge is 2.24.